The molecule has 1 heterocycles. The highest BCUT2D eigenvalue weighted by Gasteiger charge is 2.40. The molecule has 1 aliphatic heterocycles. The molecule has 0 saturated carbocycles. The monoisotopic (exact) mass is 344 g/mol. The summed E-state index contributed by atoms with van der Waals surface area (Å²) in [6.45, 7) is 0. The maximum absolute atomic E-state index is 12.2. The summed E-state index contributed by atoms with van der Waals surface area (Å²) in [6, 6.07) is -2.27. The Morgan fingerprint density at radius 1 is 1.12 bits per heavy atom. The van der Waals surface area contributed by atoms with Gasteiger partial charge in [-0.25, -0.2) is 4.79 Å². The lowest BCUT2D eigenvalue weighted by molar-refractivity contribution is -0.159. The second kappa shape index (κ2) is 8.85. The number of hydrogen-bond donors (Lipinski definition) is 2. The van der Waals surface area contributed by atoms with Crippen LogP contribution in [-0.4, -0.2) is 63.1 Å². The first-order valence-corrected chi connectivity index (χ1v) is 7.16. The zero-order valence-corrected chi connectivity index (χ0v) is 13.6. The normalized spacial score (nSPS) is 18.8. The zero-order valence-electron chi connectivity index (χ0n) is 13.6. The van der Waals surface area contributed by atoms with Crippen LogP contribution in [0.2, 0.25) is 0 Å². The second-order valence-corrected chi connectivity index (χ2v) is 5.08. The van der Waals surface area contributed by atoms with Crippen molar-refractivity contribution in [2.45, 2.75) is 31.3 Å². The summed E-state index contributed by atoms with van der Waals surface area (Å²) in [6.07, 6.45) is -0.0394. The highest BCUT2D eigenvalue weighted by Crippen LogP contribution is 2.16. The molecule has 0 spiro atoms. The molecule has 2 N–H and O–H groups in total. The van der Waals surface area contributed by atoms with Gasteiger partial charge in [-0.15, -0.1) is 0 Å². The minimum absolute atomic E-state index is 0.184. The van der Waals surface area contributed by atoms with Gasteiger partial charge >= 0.3 is 17.9 Å². The van der Waals surface area contributed by atoms with Gasteiger partial charge in [0.15, 0.2) is 0 Å². The molecule has 1 rings (SSSR count). The van der Waals surface area contributed by atoms with Gasteiger partial charge in [-0.05, 0) is 6.42 Å². The fourth-order valence-electron chi connectivity index (χ4n) is 2.27. The van der Waals surface area contributed by atoms with E-state index in [4.69, 9.17) is 0 Å². The Kier molecular flexibility index (Phi) is 7.15. The molecule has 0 aromatic rings. The minimum atomic E-state index is -1.45. The molecule has 0 aromatic carbocycles. The number of rotatable bonds is 7. The molecule has 1 aliphatic rings. The van der Waals surface area contributed by atoms with Crippen molar-refractivity contribution in [3.05, 3.63) is 0 Å². The van der Waals surface area contributed by atoms with Gasteiger partial charge in [0, 0.05) is 6.42 Å². The molecule has 0 unspecified atom stereocenters. The first-order valence-electron chi connectivity index (χ1n) is 7.16. The van der Waals surface area contributed by atoms with E-state index in [1.807, 2.05) is 0 Å². The van der Waals surface area contributed by atoms with Crippen molar-refractivity contribution in [1.29, 1.82) is 0 Å². The van der Waals surface area contributed by atoms with Gasteiger partial charge < -0.3 is 24.8 Å². The molecule has 10 heteroatoms. The summed E-state index contributed by atoms with van der Waals surface area (Å²) in [5.74, 6) is -4.84. The van der Waals surface area contributed by atoms with Gasteiger partial charge in [0.1, 0.15) is 12.1 Å². The fourth-order valence-corrected chi connectivity index (χ4v) is 2.27. The Labute approximate surface area is 138 Å². The predicted octanol–water partition coefficient (Wildman–Crippen LogP) is -1.72. The quantitative estimate of drug-likeness (QED) is 0.411. The van der Waals surface area contributed by atoms with Crippen LogP contribution in [0.4, 0.5) is 0 Å². The van der Waals surface area contributed by atoms with E-state index in [0.29, 0.717) is 0 Å². The van der Waals surface area contributed by atoms with Crippen LogP contribution in [0.25, 0.3) is 0 Å². The highest BCUT2D eigenvalue weighted by molar-refractivity contribution is 5.95. The van der Waals surface area contributed by atoms with E-state index in [0.717, 1.165) is 21.3 Å². The molecule has 0 radical (unpaired) electrons. The summed E-state index contributed by atoms with van der Waals surface area (Å²) in [5.41, 5.74) is 0. The molecule has 1 saturated heterocycles. The predicted molar refractivity (Wildman–Crippen MR) is 77.3 cm³/mol. The van der Waals surface area contributed by atoms with Crippen molar-refractivity contribution in [3.63, 3.8) is 0 Å². The Hall–Kier alpha value is -2.65. The summed E-state index contributed by atoms with van der Waals surface area (Å²) in [5, 5.41) is 4.78. The van der Waals surface area contributed by atoms with Crippen molar-refractivity contribution in [1.82, 2.24) is 10.6 Å². The smallest absolute Gasteiger partial charge is 0.329 e. The third kappa shape index (κ3) is 4.93. The highest BCUT2D eigenvalue weighted by atomic mass is 16.5. The first-order chi connectivity index (χ1) is 11.3. The minimum Gasteiger partial charge on any atom is -0.469 e. The van der Waals surface area contributed by atoms with Crippen molar-refractivity contribution < 1.29 is 38.2 Å². The van der Waals surface area contributed by atoms with E-state index in [2.05, 4.69) is 24.8 Å². The third-order valence-corrected chi connectivity index (χ3v) is 3.59. The maximum atomic E-state index is 12.2. The number of methoxy groups -OCH3 is 3. The molecule has 134 valence electrons. The second-order valence-electron chi connectivity index (χ2n) is 5.08. The van der Waals surface area contributed by atoms with Gasteiger partial charge in [-0.1, -0.05) is 0 Å². The summed E-state index contributed by atoms with van der Waals surface area (Å²) < 4.78 is 13.7. The number of ether oxygens (including phenoxy) is 3. The van der Waals surface area contributed by atoms with Crippen molar-refractivity contribution >= 4 is 29.7 Å². The van der Waals surface area contributed by atoms with Crippen LogP contribution in [0.1, 0.15) is 19.3 Å². The number of carbonyl (C=O) groups excluding carboxylic acids is 5. The topological polar surface area (TPSA) is 137 Å². The van der Waals surface area contributed by atoms with Crippen LogP contribution in [0.3, 0.4) is 0 Å². The molecule has 2 amide bonds. The molecule has 10 nitrogen and oxygen atoms in total. The van der Waals surface area contributed by atoms with Crippen LogP contribution in [-0.2, 0) is 38.2 Å². The van der Waals surface area contributed by atoms with E-state index >= 15 is 0 Å². The van der Waals surface area contributed by atoms with Gasteiger partial charge in [0.25, 0.3) is 0 Å². The van der Waals surface area contributed by atoms with E-state index in [-0.39, 0.29) is 18.7 Å². The van der Waals surface area contributed by atoms with E-state index < -0.39 is 48.2 Å². The molecule has 0 aliphatic carbocycles. The average molecular weight is 344 g/mol. The summed E-state index contributed by atoms with van der Waals surface area (Å²) in [4.78, 5) is 58.8. The van der Waals surface area contributed by atoms with E-state index in [1.165, 1.54) is 0 Å². The Balaban J connectivity index is 2.96. The number of amides is 2. The molecular formula is C14H20N2O8. The molecule has 1 fully saturated rings. The third-order valence-electron chi connectivity index (χ3n) is 3.59. The first kappa shape index (κ1) is 19.4. The van der Waals surface area contributed by atoms with Crippen molar-refractivity contribution in [3.8, 4) is 0 Å². The lowest BCUT2D eigenvalue weighted by Crippen LogP contribution is -2.54. The molecule has 0 aromatic heterocycles. The standard InChI is InChI=1S/C14H20N2O8/c1-22-10(18)6-7(13(20)23-2)11(14(21)24-3)16-12(19)8-4-5-9(17)15-8/h7-8,11H,4-6H2,1-3H3,(H,15,17)(H,16,19)/t7-,8-,11+/m1/s1. The Morgan fingerprint density at radius 3 is 2.21 bits per heavy atom. The van der Waals surface area contributed by atoms with Crippen LogP contribution < -0.4 is 10.6 Å². The Bertz CT molecular complexity index is 533. The zero-order chi connectivity index (χ0) is 18.3. The largest absolute Gasteiger partial charge is 0.469 e. The van der Waals surface area contributed by atoms with Gasteiger partial charge in [-0.2, -0.15) is 0 Å². The molecule has 0 bridgehead atoms. The van der Waals surface area contributed by atoms with Crippen molar-refractivity contribution in [2.24, 2.45) is 5.92 Å². The van der Waals surface area contributed by atoms with Crippen LogP contribution in [0.5, 0.6) is 0 Å². The lowest BCUT2D eigenvalue weighted by Gasteiger charge is -2.24. The van der Waals surface area contributed by atoms with Gasteiger partial charge in [0.2, 0.25) is 11.8 Å². The Morgan fingerprint density at radius 2 is 1.75 bits per heavy atom. The summed E-state index contributed by atoms with van der Waals surface area (Å²) >= 11 is 0. The summed E-state index contributed by atoms with van der Waals surface area (Å²) in [7, 11) is 3.28. The van der Waals surface area contributed by atoms with Crippen LogP contribution in [0.15, 0.2) is 0 Å². The lowest BCUT2D eigenvalue weighted by atomic mass is 9.95. The van der Waals surface area contributed by atoms with Crippen molar-refractivity contribution in [2.75, 3.05) is 21.3 Å². The number of nitrogens with one attached hydrogen (secondary N) is 2. The maximum Gasteiger partial charge on any atom is 0.329 e. The molecular weight excluding hydrogens is 324 g/mol. The van der Waals surface area contributed by atoms with Gasteiger partial charge in [-0.3, -0.25) is 19.2 Å². The van der Waals surface area contributed by atoms with Crippen LogP contribution in [0, 0.1) is 5.92 Å². The number of carbonyl (C=O) groups is 5. The van der Waals surface area contributed by atoms with Gasteiger partial charge in [0.05, 0.1) is 33.7 Å². The van der Waals surface area contributed by atoms with E-state index in [1.54, 1.807) is 0 Å². The number of hydrogen-bond acceptors (Lipinski definition) is 8. The van der Waals surface area contributed by atoms with E-state index in [9.17, 15) is 24.0 Å². The number of esters is 3. The SMILES string of the molecule is COC(=O)C[C@@H](C(=O)OC)[C@H](NC(=O)[C@H]1CCC(=O)N1)C(=O)OC. The molecule has 24 heavy (non-hydrogen) atoms. The molecule has 3 atom stereocenters. The van der Waals surface area contributed by atoms with Crippen LogP contribution >= 0.6 is 0 Å². The average Bonchev–Trinajstić information content (AvgIpc) is 3.02. The fraction of sp³-hybridized carbons (Fsp3) is 0.643.